The molecule has 1 aliphatic rings. The van der Waals surface area contributed by atoms with Gasteiger partial charge in [0.2, 0.25) is 5.91 Å². The number of anilines is 2. The summed E-state index contributed by atoms with van der Waals surface area (Å²) >= 11 is 0. The average Bonchev–Trinajstić information content (AvgIpc) is 2.57. The second-order valence-corrected chi connectivity index (χ2v) is 5.74. The van der Waals surface area contributed by atoms with Crippen LogP contribution < -0.4 is 15.0 Å². The van der Waals surface area contributed by atoms with Crippen LogP contribution in [0.2, 0.25) is 0 Å². The van der Waals surface area contributed by atoms with Crippen LogP contribution in [0.3, 0.4) is 0 Å². The van der Waals surface area contributed by atoms with Crippen LogP contribution in [0.4, 0.5) is 11.5 Å². The number of para-hydroxylation sites is 2. The number of amides is 2. The summed E-state index contributed by atoms with van der Waals surface area (Å²) in [5.74, 6) is 0.837. The number of carbonyl (C=O) groups excluding carboxylic acids is 2. The molecule has 3 rings (SSSR count). The van der Waals surface area contributed by atoms with Gasteiger partial charge in [0.15, 0.2) is 6.10 Å². The minimum atomic E-state index is -0.554. The largest absolute Gasteiger partial charge is 0.479 e. The Labute approximate surface area is 140 Å². The molecule has 6 nitrogen and oxygen atoms in total. The van der Waals surface area contributed by atoms with Crippen LogP contribution in [-0.4, -0.2) is 29.4 Å². The second-order valence-electron chi connectivity index (χ2n) is 5.74. The molecule has 0 radical (unpaired) electrons. The summed E-state index contributed by atoms with van der Waals surface area (Å²) in [6, 6.07) is 11.0. The molecule has 0 saturated carbocycles. The lowest BCUT2D eigenvalue weighted by molar-refractivity contribution is -0.125. The normalized spacial score (nSPS) is 16.3. The predicted octanol–water partition coefficient (Wildman–Crippen LogP) is 2.53. The third-order valence-electron chi connectivity index (χ3n) is 3.81. The molecule has 1 aromatic carbocycles. The van der Waals surface area contributed by atoms with Gasteiger partial charge in [0.05, 0.1) is 5.69 Å². The lowest BCUT2D eigenvalue weighted by Gasteiger charge is -2.32. The molecule has 124 valence electrons. The fourth-order valence-corrected chi connectivity index (χ4v) is 2.55. The van der Waals surface area contributed by atoms with Gasteiger partial charge in [0, 0.05) is 19.2 Å². The SMILES string of the molecule is Cc1ccc(NC(=O)CCN2C(=O)[C@@H](C)Oc3ccccc32)nc1. The second kappa shape index (κ2) is 6.70. The number of hydrogen-bond acceptors (Lipinski definition) is 4. The molecule has 0 saturated heterocycles. The van der Waals surface area contributed by atoms with E-state index >= 15 is 0 Å². The van der Waals surface area contributed by atoms with Crippen molar-refractivity contribution in [2.45, 2.75) is 26.4 Å². The molecular formula is C18H19N3O3. The quantitative estimate of drug-likeness (QED) is 0.937. The van der Waals surface area contributed by atoms with E-state index in [4.69, 9.17) is 4.74 Å². The molecule has 1 aromatic heterocycles. The molecule has 0 unspecified atom stereocenters. The maximum Gasteiger partial charge on any atom is 0.267 e. The number of aryl methyl sites for hydroxylation is 1. The van der Waals surface area contributed by atoms with Gasteiger partial charge >= 0.3 is 0 Å². The lowest BCUT2D eigenvalue weighted by Crippen LogP contribution is -2.45. The van der Waals surface area contributed by atoms with Gasteiger partial charge in [-0.25, -0.2) is 4.98 Å². The number of benzene rings is 1. The van der Waals surface area contributed by atoms with E-state index in [2.05, 4.69) is 10.3 Å². The van der Waals surface area contributed by atoms with Crippen molar-refractivity contribution in [3.05, 3.63) is 48.2 Å². The molecule has 6 heteroatoms. The molecule has 0 fully saturated rings. The van der Waals surface area contributed by atoms with Crippen LogP contribution >= 0.6 is 0 Å². The number of hydrogen-bond donors (Lipinski definition) is 1. The number of carbonyl (C=O) groups is 2. The van der Waals surface area contributed by atoms with Crippen molar-refractivity contribution in [3.63, 3.8) is 0 Å². The van der Waals surface area contributed by atoms with E-state index in [9.17, 15) is 9.59 Å². The van der Waals surface area contributed by atoms with Crippen LogP contribution in [0.25, 0.3) is 0 Å². The first kappa shape index (κ1) is 16.0. The molecule has 0 aliphatic carbocycles. The Morgan fingerprint density at radius 1 is 1.29 bits per heavy atom. The zero-order valence-corrected chi connectivity index (χ0v) is 13.7. The zero-order valence-electron chi connectivity index (χ0n) is 13.7. The van der Waals surface area contributed by atoms with Crippen molar-refractivity contribution in [1.82, 2.24) is 4.98 Å². The van der Waals surface area contributed by atoms with Gasteiger partial charge in [0.1, 0.15) is 11.6 Å². The number of pyridine rings is 1. The summed E-state index contributed by atoms with van der Waals surface area (Å²) in [6.45, 7) is 3.93. The summed E-state index contributed by atoms with van der Waals surface area (Å²) in [5, 5.41) is 2.74. The molecule has 24 heavy (non-hydrogen) atoms. The van der Waals surface area contributed by atoms with Gasteiger partial charge < -0.3 is 15.0 Å². The molecule has 2 heterocycles. The highest BCUT2D eigenvalue weighted by molar-refractivity contribution is 6.00. The topological polar surface area (TPSA) is 71.5 Å². The first-order chi connectivity index (χ1) is 11.5. The summed E-state index contributed by atoms with van der Waals surface area (Å²) in [5.41, 5.74) is 1.72. The highest BCUT2D eigenvalue weighted by Crippen LogP contribution is 2.33. The maximum atomic E-state index is 12.4. The first-order valence-corrected chi connectivity index (χ1v) is 7.84. The van der Waals surface area contributed by atoms with Crippen LogP contribution in [0.1, 0.15) is 18.9 Å². The lowest BCUT2D eigenvalue weighted by atomic mass is 10.1. The predicted molar refractivity (Wildman–Crippen MR) is 91.1 cm³/mol. The Kier molecular flexibility index (Phi) is 4.46. The van der Waals surface area contributed by atoms with Gasteiger partial charge in [-0.2, -0.15) is 0 Å². The summed E-state index contributed by atoms with van der Waals surface area (Å²) in [4.78, 5) is 30.2. The van der Waals surface area contributed by atoms with E-state index in [1.54, 1.807) is 24.1 Å². The maximum absolute atomic E-state index is 12.4. The number of nitrogens with one attached hydrogen (secondary N) is 1. The van der Waals surface area contributed by atoms with E-state index < -0.39 is 6.10 Å². The number of fused-ring (bicyclic) bond motifs is 1. The summed E-state index contributed by atoms with van der Waals surface area (Å²) in [7, 11) is 0. The monoisotopic (exact) mass is 325 g/mol. The fourth-order valence-electron chi connectivity index (χ4n) is 2.55. The molecule has 0 spiro atoms. The smallest absolute Gasteiger partial charge is 0.267 e. The van der Waals surface area contributed by atoms with Crippen LogP contribution in [0.5, 0.6) is 5.75 Å². The Morgan fingerprint density at radius 3 is 2.83 bits per heavy atom. The van der Waals surface area contributed by atoms with Gasteiger partial charge in [-0.3, -0.25) is 9.59 Å². The highest BCUT2D eigenvalue weighted by Gasteiger charge is 2.31. The van der Waals surface area contributed by atoms with Gasteiger partial charge in [-0.1, -0.05) is 18.2 Å². The molecular weight excluding hydrogens is 306 g/mol. The van der Waals surface area contributed by atoms with Crippen molar-refractivity contribution in [1.29, 1.82) is 0 Å². The van der Waals surface area contributed by atoms with Crippen molar-refractivity contribution < 1.29 is 14.3 Å². The van der Waals surface area contributed by atoms with E-state index in [0.717, 1.165) is 5.56 Å². The number of nitrogens with zero attached hydrogens (tertiary/aromatic N) is 2. The third kappa shape index (κ3) is 3.37. The van der Waals surface area contributed by atoms with Gasteiger partial charge in [-0.05, 0) is 37.6 Å². The van der Waals surface area contributed by atoms with Crippen LogP contribution in [0, 0.1) is 6.92 Å². The highest BCUT2D eigenvalue weighted by atomic mass is 16.5. The zero-order chi connectivity index (χ0) is 17.1. The Bertz CT molecular complexity index is 758. The van der Waals surface area contributed by atoms with E-state index in [1.807, 2.05) is 37.3 Å². The average molecular weight is 325 g/mol. The number of rotatable bonds is 4. The van der Waals surface area contributed by atoms with Gasteiger partial charge in [-0.15, -0.1) is 0 Å². The standard InChI is InChI=1S/C18H19N3O3/c1-12-7-8-16(19-11-12)20-17(22)9-10-21-14-5-3-4-6-15(14)24-13(2)18(21)23/h3-8,11,13H,9-10H2,1-2H3,(H,19,20,22)/t13-/m1/s1. The first-order valence-electron chi connectivity index (χ1n) is 7.84. The number of ether oxygens (including phenoxy) is 1. The Hall–Kier alpha value is -2.89. The Balaban J connectivity index is 1.66. The minimum absolute atomic E-state index is 0.144. The van der Waals surface area contributed by atoms with Crippen molar-refractivity contribution >= 4 is 23.3 Å². The van der Waals surface area contributed by atoms with Crippen molar-refractivity contribution in [2.75, 3.05) is 16.8 Å². The third-order valence-corrected chi connectivity index (χ3v) is 3.81. The summed E-state index contributed by atoms with van der Waals surface area (Å²) in [6.07, 6.45) is 1.32. The van der Waals surface area contributed by atoms with Crippen LogP contribution in [-0.2, 0) is 9.59 Å². The number of aromatic nitrogens is 1. The van der Waals surface area contributed by atoms with Gasteiger partial charge in [0.25, 0.3) is 5.91 Å². The van der Waals surface area contributed by atoms with E-state index in [0.29, 0.717) is 23.8 Å². The van der Waals surface area contributed by atoms with E-state index in [-0.39, 0.29) is 18.2 Å². The molecule has 2 aromatic rings. The van der Waals surface area contributed by atoms with Crippen LogP contribution in [0.15, 0.2) is 42.6 Å². The van der Waals surface area contributed by atoms with Crippen molar-refractivity contribution in [3.8, 4) is 5.75 Å². The molecule has 1 N–H and O–H groups in total. The minimum Gasteiger partial charge on any atom is -0.479 e. The molecule has 1 aliphatic heterocycles. The summed E-state index contributed by atoms with van der Waals surface area (Å²) < 4.78 is 5.59. The fraction of sp³-hybridized carbons (Fsp3) is 0.278. The molecule has 2 amide bonds. The van der Waals surface area contributed by atoms with Crippen molar-refractivity contribution in [2.24, 2.45) is 0 Å². The van der Waals surface area contributed by atoms with E-state index in [1.165, 1.54) is 0 Å². The molecule has 1 atom stereocenters. The molecule has 0 bridgehead atoms. The Morgan fingerprint density at radius 2 is 2.08 bits per heavy atom.